The molecule has 15 heavy (non-hydrogen) atoms. The molecule has 0 unspecified atom stereocenters. The minimum absolute atomic E-state index is 0.0141. The predicted octanol–water partition coefficient (Wildman–Crippen LogP) is 2.52. The van der Waals surface area contributed by atoms with Gasteiger partial charge in [-0.25, -0.2) is 0 Å². The van der Waals surface area contributed by atoms with E-state index in [1.807, 2.05) is 27.7 Å². The van der Waals surface area contributed by atoms with Gasteiger partial charge in [-0.3, -0.25) is 4.79 Å². The number of carbonyl (C=O) groups excluding carboxylic acids is 1. The molecule has 3 heteroatoms. The third kappa shape index (κ3) is 5.17. The molecule has 0 heterocycles. The highest BCUT2D eigenvalue weighted by Gasteiger charge is 2.32. The summed E-state index contributed by atoms with van der Waals surface area (Å²) in [6.45, 7) is 8.09. The molecule has 3 nitrogen and oxygen atoms in total. The Labute approximate surface area is 92.8 Å². The summed E-state index contributed by atoms with van der Waals surface area (Å²) < 4.78 is 4.93. The summed E-state index contributed by atoms with van der Waals surface area (Å²) in [7, 11) is 0. The first-order valence-corrected chi connectivity index (χ1v) is 5.94. The molecule has 0 saturated heterocycles. The second kappa shape index (κ2) is 6.83. The van der Waals surface area contributed by atoms with Gasteiger partial charge in [0.05, 0.1) is 18.1 Å². The van der Waals surface area contributed by atoms with Crippen molar-refractivity contribution in [1.29, 1.82) is 0 Å². The average molecular weight is 216 g/mol. The van der Waals surface area contributed by atoms with E-state index in [0.29, 0.717) is 19.4 Å². The van der Waals surface area contributed by atoms with Crippen molar-refractivity contribution in [3.05, 3.63) is 0 Å². The highest BCUT2D eigenvalue weighted by Crippen LogP contribution is 2.32. The number of aliphatic hydroxyl groups is 1. The second-order valence-corrected chi connectivity index (χ2v) is 4.02. The van der Waals surface area contributed by atoms with Crippen LogP contribution in [0.1, 0.15) is 53.4 Å². The van der Waals surface area contributed by atoms with E-state index in [9.17, 15) is 9.90 Å². The molecule has 0 bridgehead atoms. The average Bonchev–Trinajstić information content (AvgIpc) is 2.21. The minimum atomic E-state index is -0.566. The Hall–Kier alpha value is -0.570. The SMILES string of the molecule is CC.CCOC(=O)C1CCC(C)(O)CC1. The third-order valence-electron chi connectivity index (χ3n) is 2.68. The zero-order valence-electron chi connectivity index (χ0n) is 10.4. The lowest BCUT2D eigenvalue weighted by atomic mass is 9.80. The Bertz CT molecular complexity index is 177. The van der Waals surface area contributed by atoms with Crippen LogP contribution in [0.4, 0.5) is 0 Å². The van der Waals surface area contributed by atoms with Gasteiger partial charge in [0.15, 0.2) is 0 Å². The molecule has 1 rings (SSSR count). The standard InChI is InChI=1S/C10H18O3.C2H6/c1-3-13-9(11)8-4-6-10(2,12)7-5-8;1-2/h8,12H,3-7H2,1-2H3;1-2H3. The van der Waals surface area contributed by atoms with Crippen LogP contribution in [0.5, 0.6) is 0 Å². The van der Waals surface area contributed by atoms with E-state index in [-0.39, 0.29) is 11.9 Å². The van der Waals surface area contributed by atoms with Gasteiger partial charge in [0.25, 0.3) is 0 Å². The molecular formula is C12H24O3. The molecule has 90 valence electrons. The molecule has 0 aliphatic heterocycles. The monoisotopic (exact) mass is 216 g/mol. The number of carbonyl (C=O) groups is 1. The van der Waals surface area contributed by atoms with E-state index in [1.165, 1.54) is 0 Å². The maximum absolute atomic E-state index is 11.3. The zero-order valence-corrected chi connectivity index (χ0v) is 10.4. The number of ether oxygens (including phenoxy) is 1. The van der Waals surface area contributed by atoms with Gasteiger partial charge in [-0.15, -0.1) is 0 Å². The van der Waals surface area contributed by atoms with Crippen molar-refractivity contribution in [2.45, 2.75) is 59.0 Å². The first-order valence-electron chi connectivity index (χ1n) is 5.94. The van der Waals surface area contributed by atoms with Crippen molar-refractivity contribution < 1.29 is 14.6 Å². The molecule has 0 spiro atoms. The molecule has 1 aliphatic carbocycles. The highest BCUT2D eigenvalue weighted by molar-refractivity contribution is 5.72. The first kappa shape index (κ1) is 14.4. The van der Waals surface area contributed by atoms with E-state index in [2.05, 4.69) is 0 Å². The molecule has 1 N–H and O–H groups in total. The molecule has 1 fully saturated rings. The summed E-state index contributed by atoms with van der Waals surface area (Å²) in [5, 5.41) is 9.65. The Balaban J connectivity index is 0.000000921. The van der Waals surface area contributed by atoms with Gasteiger partial charge >= 0.3 is 5.97 Å². The van der Waals surface area contributed by atoms with Crippen molar-refractivity contribution in [2.75, 3.05) is 6.61 Å². The van der Waals surface area contributed by atoms with Crippen LogP contribution in [0.15, 0.2) is 0 Å². The van der Waals surface area contributed by atoms with Gasteiger partial charge < -0.3 is 9.84 Å². The van der Waals surface area contributed by atoms with E-state index in [4.69, 9.17) is 4.74 Å². The van der Waals surface area contributed by atoms with Crippen LogP contribution in [-0.4, -0.2) is 23.3 Å². The molecule has 0 amide bonds. The van der Waals surface area contributed by atoms with E-state index in [1.54, 1.807) is 0 Å². The van der Waals surface area contributed by atoms with Gasteiger partial charge in [-0.05, 0) is 39.5 Å². The molecule has 0 aromatic heterocycles. The Morgan fingerprint density at radius 1 is 1.40 bits per heavy atom. The van der Waals surface area contributed by atoms with Gasteiger partial charge in [0, 0.05) is 0 Å². The first-order chi connectivity index (χ1) is 7.05. The van der Waals surface area contributed by atoms with Crippen LogP contribution < -0.4 is 0 Å². The maximum Gasteiger partial charge on any atom is 0.308 e. The third-order valence-corrected chi connectivity index (χ3v) is 2.68. The van der Waals surface area contributed by atoms with Gasteiger partial charge in [-0.1, -0.05) is 13.8 Å². The van der Waals surface area contributed by atoms with Crippen LogP contribution in [0.2, 0.25) is 0 Å². The normalized spacial score (nSPS) is 30.1. The summed E-state index contributed by atoms with van der Waals surface area (Å²) >= 11 is 0. The van der Waals surface area contributed by atoms with Crippen LogP contribution in [0.25, 0.3) is 0 Å². The second-order valence-electron chi connectivity index (χ2n) is 4.02. The molecular weight excluding hydrogens is 192 g/mol. The Kier molecular flexibility index (Phi) is 6.57. The fraction of sp³-hybridized carbons (Fsp3) is 0.917. The fourth-order valence-corrected chi connectivity index (χ4v) is 1.74. The topological polar surface area (TPSA) is 46.5 Å². The van der Waals surface area contributed by atoms with Gasteiger partial charge in [-0.2, -0.15) is 0 Å². The van der Waals surface area contributed by atoms with Crippen molar-refractivity contribution in [3.63, 3.8) is 0 Å². The number of hydrogen-bond acceptors (Lipinski definition) is 3. The lowest BCUT2D eigenvalue weighted by molar-refractivity contribution is -0.150. The molecule has 0 aromatic carbocycles. The number of hydrogen-bond donors (Lipinski definition) is 1. The van der Waals surface area contributed by atoms with Gasteiger partial charge in [0.2, 0.25) is 0 Å². The van der Waals surface area contributed by atoms with Crippen molar-refractivity contribution in [2.24, 2.45) is 5.92 Å². The molecule has 0 aromatic rings. The summed E-state index contributed by atoms with van der Waals surface area (Å²) in [5.74, 6) is -0.0850. The molecule has 0 atom stereocenters. The summed E-state index contributed by atoms with van der Waals surface area (Å²) in [6.07, 6.45) is 2.92. The van der Waals surface area contributed by atoms with Crippen LogP contribution in [0.3, 0.4) is 0 Å². The highest BCUT2D eigenvalue weighted by atomic mass is 16.5. The van der Waals surface area contributed by atoms with Crippen molar-refractivity contribution in [3.8, 4) is 0 Å². The molecule has 0 radical (unpaired) electrons. The van der Waals surface area contributed by atoms with Crippen LogP contribution in [0, 0.1) is 5.92 Å². The summed E-state index contributed by atoms with van der Waals surface area (Å²) in [6, 6.07) is 0. The Morgan fingerprint density at radius 2 is 1.87 bits per heavy atom. The maximum atomic E-state index is 11.3. The summed E-state index contributed by atoms with van der Waals surface area (Å²) in [4.78, 5) is 11.3. The van der Waals surface area contributed by atoms with Gasteiger partial charge in [0.1, 0.15) is 0 Å². The fourth-order valence-electron chi connectivity index (χ4n) is 1.74. The van der Waals surface area contributed by atoms with Crippen LogP contribution in [-0.2, 0) is 9.53 Å². The lowest BCUT2D eigenvalue weighted by Crippen LogP contribution is -2.33. The van der Waals surface area contributed by atoms with E-state index < -0.39 is 5.60 Å². The summed E-state index contributed by atoms with van der Waals surface area (Å²) in [5.41, 5.74) is -0.566. The molecule has 1 aliphatic rings. The number of rotatable bonds is 2. The Morgan fingerprint density at radius 3 is 2.27 bits per heavy atom. The van der Waals surface area contributed by atoms with E-state index in [0.717, 1.165) is 12.8 Å². The minimum Gasteiger partial charge on any atom is -0.466 e. The molecule has 1 saturated carbocycles. The largest absolute Gasteiger partial charge is 0.466 e. The quantitative estimate of drug-likeness (QED) is 0.721. The van der Waals surface area contributed by atoms with Crippen LogP contribution >= 0.6 is 0 Å². The lowest BCUT2D eigenvalue weighted by Gasteiger charge is -2.31. The smallest absolute Gasteiger partial charge is 0.308 e. The number of esters is 1. The van der Waals surface area contributed by atoms with Crippen molar-refractivity contribution in [1.82, 2.24) is 0 Å². The van der Waals surface area contributed by atoms with E-state index >= 15 is 0 Å². The predicted molar refractivity (Wildman–Crippen MR) is 60.6 cm³/mol. The zero-order chi connectivity index (χ0) is 11.9. The van der Waals surface area contributed by atoms with Crippen molar-refractivity contribution >= 4 is 5.97 Å².